The first-order valence-corrected chi connectivity index (χ1v) is 9.06. The van der Waals surface area contributed by atoms with Gasteiger partial charge in [-0.3, -0.25) is 25.0 Å². The highest BCUT2D eigenvalue weighted by Crippen LogP contribution is 2.23. The number of amides is 3. The summed E-state index contributed by atoms with van der Waals surface area (Å²) in [5.41, 5.74) is 1.57. The lowest BCUT2D eigenvalue weighted by Crippen LogP contribution is -2.52. The molecule has 0 atom stereocenters. The van der Waals surface area contributed by atoms with E-state index in [1.807, 2.05) is 18.2 Å². The summed E-state index contributed by atoms with van der Waals surface area (Å²) in [6.07, 6.45) is 1.33. The molecule has 3 amide bonds. The fourth-order valence-electron chi connectivity index (χ4n) is 2.91. The summed E-state index contributed by atoms with van der Waals surface area (Å²) in [6.45, 7) is 0. The maximum atomic E-state index is 13.0. The smallest absolute Gasteiger partial charge is 0.298 e. The number of rotatable bonds is 4. The van der Waals surface area contributed by atoms with Gasteiger partial charge in [-0.25, -0.2) is 4.99 Å². The molecule has 0 radical (unpaired) electrons. The van der Waals surface area contributed by atoms with Gasteiger partial charge >= 0.3 is 0 Å². The second-order valence-corrected chi connectivity index (χ2v) is 6.44. The first kappa shape index (κ1) is 19.1. The standard InChI is InChI=1S/C21H17N5O4/c1-30-15-9-7-13(8-10-15)11-16-20(29)26(19(22-16)14-5-3-2-4-6-14)25-21-23-17(27)12-18(28)24-21/h2-11H,12H2,1H3,(H2,23,24,25,27,28)/b16-11-. The monoisotopic (exact) mass is 403 g/mol. The van der Waals surface area contributed by atoms with Crippen LogP contribution in [-0.2, 0) is 14.4 Å². The number of nitrogens with one attached hydrogen (secondary N) is 2. The lowest BCUT2D eigenvalue weighted by atomic mass is 10.2. The van der Waals surface area contributed by atoms with E-state index >= 15 is 0 Å². The summed E-state index contributed by atoms with van der Waals surface area (Å²) in [6, 6.07) is 16.2. The Morgan fingerprint density at radius 3 is 2.30 bits per heavy atom. The Balaban J connectivity index is 1.72. The molecule has 2 N–H and O–H groups in total. The predicted octanol–water partition coefficient (Wildman–Crippen LogP) is 1.23. The van der Waals surface area contributed by atoms with Crippen LogP contribution in [0.2, 0.25) is 0 Å². The second-order valence-electron chi connectivity index (χ2n) is 6.44. The Kier molecular flexibility index (Phi) is 5.08. The van der Waals surface area contributed by atoms with Gasteiger partial charge in [0.25, 0.3) is 5.91 Å². The van der Waals surface area contributed by atoms with Gasteiger partial charge in [0, 0.05) is 5.56 Å². The van der Waals surface area contributed by atoms with E-state index in [2.05, 4.69) is 20.7 Å². The van der Waals surface area contributed by atoms with Crippen LogP contribution in [0.4, 0.5) is 0 Å². The van der Waals surface area contributed by atoms with Gasteiger partial charge in [-0.1, -0.05) is 42.5 Å². The van der Waals surface area contributed by atoms with Crippen LogP contribution < -0.4 is 15.4 Å². The summed E-state index contributed by atoms with van der Waals surface area (Å²) in [5.74, 6) is -0.653. The number of hydrogen-bond donors (Lipinski definition) is 2. The van der Waals surface area contributed by atoms with E-state index in [1.165, 1.54) is 0 Å². The van der Waals surface area contributed by atoms with E-state index in [1.54, 1.807) is 49.6 Å². The van der Waals surface area contributed by atoms with Gasteiger partial charge < -0.3 is 4.74 Å². The Morgan fingerprint density at radius 1 is 1.00 bits per heavy atom. The molecule has 1 fully saturated rings. The van der Waals surface area contributed by atoms with E-state index in [-0.39, 0.29) is 23.9 Å². The summed E-state index contributed by atoms with van der Waals surface area (Å²) in [5, 5.41) is 10.1. The number of benzene rings is 2. The van der Waals surface area contributed by atoms with Crippen molar-refractivity contribution in [3.8, 4) is 5.75 Å². The maximum absolute atomic E-state index is 13.0. The number of guanidine groups is 1. The van der Waals surface area contributed by atoms with Crippen molar-refractivity contribution in [1.29, 1.82) is 0 Å². The Bertz CT molecular complexity index is 1090. The molecule has 0 saturated carbocycles. The molecule has 0 unspecified atom stereocenters. The minimum Gasteiger partial charge on any atom is -0.497 e. The summed E-state index contributed by atoms with van der Waals surface area (Å²) in [4.78, 5) is 40.8. The first-order chi connectivity index (χ1) is 14.5. The summed E-state index contributed by atoms with van der Waals surface area (Å²) < 4.78 is 5.14. The van der Waals surface area contributed by atoms with Crippen molar-refractivity contribution in [1.82, 2.24) is 15.6 Å². The van der Waals surface area contributed by atoms with Gasteiger partial charge in [0.1, 0.15) is 17.9 Å². The zero-order valence-electron chi connectivity index (χ0n) is 16.0. The molecule has 2 aromatic carbocycles. The average Bonchev–Trinajstić information content (AvgIpc) is 3.04. The molecule has 0 aromatic heterocycles. The number of hydrogen-bond acceptors (Lipinski definition) is 6. The molecule has 2 aliphatic rings. The number of nitrogens with zero attached hydrogens (tertiary/aromatic N) is 3. The Labute approximate surface area is 171 Å². The molecule has 2 aromatic rings. The number of aliphatic imine (C=N–C) groups is 1. The number of amidine groups is 1. The molecule has 2 aliphatic heterocycles. The maximum Gasteiger partial charge on any atom is 0.298 e. The van der Waals surface area contributed by atoms with E-state index in [0.29, 0.717) is 11.3 Å². The Hall–Kier alpha value is -4.27. The fraction of sp³-hybridized carbons (Fsp3) is 0.0952. The fourth-order valence-corrected chi connectivity index (χ4v) is 2.91. The number of ether oxygens (including phenoxy) is 1. The van der Waals surface area contributed by atoms with Crippen molar-refractivity contribution >= 4 is 35.6 Å². The quantitative estimate of drug-likeness (QED) is 0.591. The molecule has 150 valence electrons. The first-order valence-electron chi connectivity index (χ1n) is 9.06. The van der Waals surface area contributed by atoms with E-state index in [9.17, 15) is 14.4 Å². The van der Waals surface area contributed by atoms with Gasteiger partial charge in [0.05, 0.1) is 7.11 Å². The van der Waals surface area contributed by atoms with Gasteiger partial charge in [-0.15, -0.1) is 5.10 Å². The third kappa shape index (κ3) is 3.95. The highest BCUT2D eigenvalue weighted by Gasteiger charge is 2.33. The van der Waals surface area contributed by atoms with Gasteiger partial charge in [-0.2, -0.15) is 5.01 Å². The van der Waals surface area contributed by atoms with Crippen LogP contribution in [0.5, 0.6) is 5.75 Å². The molecule has 9 heteroatoms. The second kappa shape index (κ2) is 8.00. The van der Waals surface area contributed by atoms with Crippen molar-refractivity contribution in [3.05, 3.63) is 71.4 Å². The summed E-state index contributed by atoms with van der Waals surface area (Å²) in [7, 11) is 1.57. The number of hydrazone groups is 1. The van der Waals surface area contributed by atoms with Gasteiger partial charge in [-0.05, 0) is 23.8 Å². The minimum atomic E-state index is -0.503. The lowest BCUT2D eigenvalue weighted by Gasteiger charge is -2.18. The third-order valence-corrected chi connectivity index (χ3v) is 4.33. The lowest BCUT2D eigenvalue weighted by molar-refractivity contribution is -0.129. The molecule has 0 spiro atoms. The average molecular weight is 403 g/mol. The molecular formula is C21H17N5O4. The molecular weight excluding hydrogens is 386 g/mol. The zero-order chi connectivity index (χ0) is 21.1. The normalized spacial score (nSPS) is 17.6. The van der Waals surface area contributed by atoms with Crippen molar-refractivity contribution in [2.24, 2.45) is 10.1 Å². The molecule has 4 rings (SSSR count). The number of carbonyl (C=O) groups excluding carboxylic acids is 3. The largest absolute Gasteiger partial charge is 0.497 e. The van der Waals surface area contributed by atoms with Crippen LogP contribution in [0, 0.1) is 0 Å². The highest BCUT2D eigenvalue weighted by molar-refractivity contribution is 6.21. The number of methoxy groups -OCH3 is 1. The van der Waals surface area contributed by atoms with Crippen LogP contribution in [-0.4, -0.2) is 41.6 Å². The zero-order valence-corrected chi connectivity index (χ0v) is 16.0. The summed E-state index contributed by atoms with van der Waals surface area (Å²) >= 11 is 0. The molecule has 1 saturated heterocycles. The third-order valence-electron chi connectivity index (χ3n) is 4.33. The molecule has 0 aliphatic carbocycles. The van der Waals surface area contributed by atoms with Crippen molar-refractivity contribution in [2.75, 3.05) is 7.11 Å². The van der Waals surface area contributed by atoms with Crippen LogP contribution in [0.3, 0.4) is 0 Å². The van der Waals surface area contributed by atoms with Gasteiger partial charge in [0.15, 0.2) is 5.84 Å². The van der Waals surface area contributed by atoms with E-state index in [4.69, 9.17) is 4.74 Å². The van der Waals surface area contributed by atoms with Crippen molar-refractivity contribution in [3.63, 3.8) is 0 Å². The SMILES string of the molecule is COc1ccc(/C=C2\N=C(c3ccccc3)N(N=C3NC(=O)CC(=O)N3)C2=O)cc1. The van der Waals surface area contributed by atoms with Crippen LogP contribution in [0.25, 0.3) is 6.08 Å². The van der Waals surface area contributed by atoms with Crippen LogP contribution >= 0.6 is 0 Å². The molecule has 30 heavy (non-hydrogen) atoms. The van der Waals surface area contributed by atoms with Crippen LogP contribution in [0.15, 0.2) is 70.4 Å². The molecule has 0 bridgehead atoms. The van der Waals surface area contributed by atoms with Crippen molar-refractivity contribution in [2.45, 2.75) is 6.42 Å². The number of carbonyl (C=O) groups is 3. The minimum absolute atomic E-state index is 0.126. The molecule has 2 heterocycles. The topological polar surface area (TPSA) is 112 Å². The van der Waals surface area contributed by atoms with E-state index < -0.39 is 17.7 Å². The van der Waals surface area contributed by atoms with Gasteiger partial charge in [0.2, 0.25) is 17.8 Å². The predicted molar refractivity (Wildman–Crippen MR) is 109 cm³/mol. The molecule has 9 nitrogen and oxygen atoms in total. The van der Waals surface area contributed by atoms with Crippen LogP contribution in [0.1, 0.15) is 17.5 Å². The van der Waals surface area contributed by atoms with Crippen molar-refractivity contribution < 1.29 is 19.1 Å². The Morgan fingerprint density at radius 2 is 1.67 bits per heavy atom. The van der Waals surface area contributed by atoms with E-state index in [0.717, 1.165) is 10.6 Å². The highest BCUT2D eigenvalue weighted by atomic mass is 16.5.